The molecule has 0 radical (unpaired) electrons. The van der Waals surface area contributed by atoms with Crippen LogP contribution in [-0.2, 0) is 9.59 Å². The van der Waals surface area contributed by atoms with Gasteiger partial charge in [0.15, 0.2) is 15.3 Å². The number of hydrogen-bond acceptors (Lipinski definition) is 8. The number of thiazole rings is 1. The Morgan fingerprint density at radius 1 is 0.844 bits per heavy atom. The van der Waals surface area contributed by atoms with Crippen molar-refractivity contribution in [2.24, 2.45) is 0 Å². The van der Waals surface area contributed by atoms with Gasteiger partial charge < -0.3 is 10.6 Å². The van der Waals surface area contributed by atoms with Gasteiger partial charge in [-0.05, 0) is 80.1 Å². The van der Waals surface area contributed by atoms with Crippen molar-refractivity contribution in [3.63, 3.8) is 0 Å². The molecule has 226 valence electrons. The number of nitrogens with zero attached hydrogens (tertiary/aromatic N) is 4. The number of thioether (sulfide) groups is 2. The lowest BCUT2D eigenvalue weighted by Crippen LogP contribution is -2.14. The quantitative estimate of drug-likeness (QED) is 0.141. The van der Waals surface area contributed by atoms with Crippen LogP contribution in [0.3, 0.4) is 0 Å². The number of fused-ring (bicyclic) bond motifs is 1. The van der Waals surface area contributed by atoms with Crippen LogP contribution in [0.4, 0.5) is 11.4 Å². The Balaban J connectivity index is 1.09. The van der Waals surface area contributed by atoms with E-state index in [0.717, 1.165) is 42.6 Å². The van der Waals surface area contributed by atoms with Crippen molar-refractivity contribution in [1.29, 1.82) is 0 Å². The zero-order valence-corrected chi connectivity index (χ0v) is 27.5. The molecule has 12 heteroatoms. The van der Waals surface area contributed by atoms with Crippen LogP contribution in [0.5, 0.6) is 0 Å². The Morgan fingerprint density at radius 2 is 1.60 bits per heavy atom. The average Bonchev–Trinajstić information content (AvgIpc) is 3.65. The maximum atomic E-state index is 13.0. The minimum atomic E-state index is -0.169. The smallest absolute Gasteiger partial charge is 0.234 e. The summed E-state index contributed by atoms with van der Waals surface area (Å²) in [5, 5.41) is 16.0. The predicted octanol–water partition coefficient (Wildman–Crippen LogP) is 8.28. The monoisotopic (exact) mass is 670 g/mol. The lowest BCUT2D eigenvalue weighted by molar-refractivity contribution is -0.114. The first-order chi connectivity index (χ1) is 21.8. The summed E-state index contributed by atoms with van der Waals surface area (Å²) >= 11 is 10.3. The average molecular weight is 671 g/mol. The first-order valence-electron chi connectivity index (χ1n) is 13.9. The second kappa shape index (κ2) is 13.9. The summed E-state index contributed by atoms with van der Waals surface area (Å²) in [5.41, 5.74) is 6.24. The molecule has 6 rings (SSSR count). The number of para-hydroxylation sites is 1. The number of rotatable bonds is 10. The summed E-state index contributed by atoms with van der Waals surface area (Å²) in [4.78, 5) is 30.2. The van der Waals surface area contributed by atoms with Crippen LogP contribution >= 0.6 is 46.5 Å². The Bertz CT molecular complexity index is 1990. The summed E-state index contributed by atoms with van der Waals surface area (Å²) in [6.45, 7) is 4.00. The highest BCUT2D eigenvalue weighted by Gasteiger charge is 2.18. The van der Waals surface area contributed by atoms with Crippen molar-refractivity contribution < 1.29 is 9.59 Å². The van der Waals surface area contributed by atoms with Crippen molar-refractivity contribution in [3.05, 3.63) is 107 Å². The summed E-state index contributed by atoms with van der Waals surface area (Å²) in [6, 6.07) is 28.8. The van der Waals surface area contributed by atoms with Crippen molar-refractivity contribution in [3.8, 4) is 17.1 Å². The van der Waals surface area contributed by atoms with Crippen LogP contribution in [-0.4, -0.2) is 43.1 Å². The van der Waals surface area contributed by atoms with Gasteiger partial charge in [0, 0.05) is 27.6 Å². The molecule has 0 atom stereocenters. The molecule has 0 aliphatic rings. The molecular weight excluding hydrogens is 644 g/mol. The van der Waals surface area contributed by atoms with Gasteiger partial charge in [-0.3, -0.25) is 14.2 Å². The third-order valence-corrected chi connectivity index (χ3v) is 10.1. The third kappa shape index (κ3) is 7.56. The van der Waals surface area contributed by atoms with Crippen LogP contribution in [0, 0.1) is 13.8 Å². The Hall–Kier alpha value is -4.16. The summed E-state index contributed by atoms with van der Waals surface area (Å²) in [6.07, 6.45) is 0. The number of anilines is 2. The largest absolute Gasteiger partial charge is 0.325 e. The van der Waals surface area contributed by atoms with E-state index in [4.69, 9.17) is 11.6 Å². The van der Waals surface area contributed by atoms with Gasteiger partial charge in [0.1, 0.15) is 0 Å². The van der Waals surface area contributed by atoms with E-state index in [0.29, 0.717) is 21.7 Å². The van der Waals surface area contributed by atoms with E-state index in [-0.39, 0.29) is 23.3 Å². The number of aryl methyl sites for hydroxylation is 2. The summed E-state index contributed by atoms with van der Waals surface area (Å²) in [7, 11) is 0. The molecule has 2 aromatic heterocycles. The van der Waals surface area contributed by atoms with Crippen LogP contribution in [0.25, 0.3) is 27.3 Å². The SMILES string of the molecule is Cc1ccc(NC(=O)CSc2nc3ccc(NC(=O)CSc4nnc(-c5ccc(Cl)cc5)n4-c4ccccc4)cc3s2)c(C)c1. The molecule has 0 spiro atoms. The van der Waals surface area contributed by atoms with Gasteiger partial charge >= 0.3 is 0 Å². The number of benzene rings is 4. The number of carbonyl (C=O) groups is 2. The lowest BCUT2D eigenvalue weighted by atomic mass is 10.1. The number of halogens is 1. The molecule has 0 unspecified atom stereocenters. The van der Waals surface area contributed by atoms with Crippen molar-refractivity contribution in [2.45, 2.75) is 23.3 Å². The topological polar surface area (TPSA) is 102 Å². The third-order valence-electron chi connectivity index (χ3n) is 6.72. The van der Waals surface area contributed by atoms with E-state index in [9.17, 15) is 9.59 Å². The van der Waals surface area contributed by atoms with Crippen LogP contribution in [0.2, 0.25) is 5.02 Å². The van der Waals surface area contributed by atoms with Gasteiger partial charge in [0.05, 0.1) is 21.7 Å². The van der Waals surface area contributed by atoms with Crippen LogP contribution < -0.4 is 10.6 Å². The van der Waals surface area contributed by atoms with Gasteiger partial charge in [-0.2, -0.15) is 0 Å². The Morgan fingerprint density at radius 3 is 2.38 bits per heavy atom. The molecule has 0 saturated heterocycles. The molecule has 0 bridgehead atoms. The molecule has 2 amide bonds. The highest BCUT2D eigenvalue weighted by molar-refractivity contribution is 8.01. The fraction of sp³-hybridized carbons (Fsp3) is 0.121. The van der Waals surface area contributed by atoms with Gasteiger partial charge in [0.2, 0.25) is 11.8 Å². The van der Waals surface area contributed by atoms with Gasteiger partial charge in [-0.15, -0.1) is 21.5 Å². The molecule has 0 aliphatic heterocycles. The van der Waals surface area contributed by atoms with Crippen molar-refractivity contribution in [1.82, 2.24) is 19.7 Å². The molecule has 0 aliphatic carbocycles. The minimum absolute atomic E-state index is 0.0833. The molecule has 6 aromatic rings. The highest BCUT2D eigenvalue weighted by atomic mass is 35.5. The second-order valence-corrected chi connectivity index (χ2v) is 13.8. The maximum Gasteiger partial charge on any atom is 0.234 e. The molecule has 0 saturated carbocycles. The van der Waals surface area contributed by atoms with Gasteiger partial charge in [-0.25, -0.2) is 4.98 Å². The molecule has 2 heterocycles. The van der Waals surface area contributed by atoms with Crippen LogP contribution in [0.15, 0.2) is 100 Å². The number of nitrogens with one attached hydrogen (secondary N) is 2. The van der Waals surface area contributed by atoms with E-state index in [1.807, 2.05) is 109 Å². The first-order valence-corrected chi connectivity index (χ1v) is 17.1. The van der Waals surface area contributed by atoms with E-state index in [1.54, 1.807) is 0 Å². The van der Waals surface area contributed by atoms with Gasteiger partial charge in [0.25, 0.3) is 0 Å². The van der Waals surface area contributed by atoms with Gasteiger partial charge in [-0.1, -0.05) is 71.0 Å². The van der Waals surface area contributed by atoms with E-state index in [2.05, 4.69) is 25.8 Å². The van der Waals surface area contributed by atoms with E-state index in [1.165, 1.54) is 34.9 Å². The van der Waals surface area contributed by atoms with Crippen LogP contribution in [0.1, 0.15) is 11.1 Å². The second-order valence-electron chi connectivity index (χ2n) is 10.1. The molecule has 8 nitrogen and oxygen atoms in total. The number of hydrogen-bond donors (Lipinski definition) is 2. The lowest BCUT2D eigenvalue weighted by Gasteiger charge is -2.10. The van der Waals surface area contributed by atoms with Crippen molar-refractivity contribution in [2.75, 3.05) is 22.1 Å². The fourth-order valence-electron chi connectivity index (χ4n) is 4.60. The fourth-order valence-corrected chi connectivity index (χ4v) is 7.38. The predicted molar refractivity (Wildman–Crippen MR) is 186 cm³/mol. The standard InChI is InChI=1S/C33H27ClN6O2S3/c1-20-8-14-26(21(2)16-20)36-30(42)19-44-33-37-27-15-13-24(17-28(27)45-33)35-29(41)18-43-32-39-38-31(22-9-11-23(34)12-10-22)40(32)25-6-4-3-5-7-25/h3-17H,18-19H2,1-2H3,(H,35,41)(H,36,42). The molecule has 4 aromatic carbocycles. The van der Waals surface area contributed by atoms with E-state index < -0.39 is 0 Å². The number of aromatic nitrogens is 4. The number of carbonyl (C=O) groups excluding carboxylic acids is 2. The molecule has 2 N–H and O–H groups in total. The van der Waals surface area contributed by atoms with E-state index >= 15 is 0 Å². The highest BCUT2D eigenvalue weighted by Crippen LogP contribution is 2.32. The Kier molecular flexibility index (Phi) is 9.50. The molecule has 0 fully saturated rings. The summed E-state index contributed by atoms with van der Waals surface area (Å²) < 4.78 is 3.65. The summed E-state index contributed by atoms with van der Waals surface area (Å²) in [5.74, 6) is 0.801. The zero-order valence-electron chi connectivity index (χ0n) is 24.3. The van der Waals surface area contributed by atoms with Crippen molar-refractivity contribution >= 4 is 79.9 Å². The Labute approximate surface area is 277 Å². The molecular formula is C33H27ClN6O2S3. The normalized spacial score (nSPS) is 11.1. The minimum Gasteiger partial charge on any atom is -0.325 e. The first kappa shape index (κ1) is 30.8. The zero-order chi connectivity index (χ0) is 31.3. The molecule has 45 heavy (non-hydrogen) atoms. The maximum absolute atomic E-state index is 13.0. The number of amides is 2.